The van der Waals surface area contributed by atoms with Crippen LogP contribution in [-0.2, 0) is 10.8 Å². The highest BCUT2D eigenvalue weighted by Gasteiger charge is 2.45. The Hall–Kier alpha value is -9.32. The van der Waals surface area contributed by atoms with Crippen LogP contribution in [-0.4, -0.2) is 15.8 Å². The van der Waals surface area contributed by atoms with Gasteiger partial charge in [0.05, 0.1) is 33.4 Å². The molecule has 0 radical (unpaired) electrons. The highest BCUT2D eigenvalue weighted by atomic mass is 15.2. The molecule has 0 unspecified atom stereocenters. The highest BCUT2D eigenvalue weighted by molar-refractivity contribution is 7.00. The lowest BCUT2D eigenvalue weighted by Crippen LogP contribution is -2.61. The first kappa shape index (κ1) is 46.9. The van der Waals surface area contributed by atoms with E-state index in [4.69, 9.17) is 0 Å². The maximum Gasteiger partial charge on any atom is 0.252 e. The number of para-hydroxylation sites is 8. The maximum atomic E-state index is 2.60. The average molecular weight is 1020 g/mol. The average Bonchev–Trinajstić information content (AvgIpc) is 3.68. The molecule has 0 saturated heterocycles. The van der Waals surface area contributed by atoms with Crippen molar-refractivity contribution in [2.24, 2.45) is 0 Å². The zero-order valence-corrected chi connectivity index (χ0v) is 45.5. The van der Waals surface area contributed by atoms with Crippen molar-refractivity contribution in [1.29, 1.82) is 0 Å². The van der Waals surface area contributed by atoms with Gasteiger partial charge < -0.3 is 18.9 Å². The third-order valence-electron chi connectivity index (χ3n) is 17.0. The van der Waals surface area contributed by atoms with Crippen molar-refractivity contribution in [2.75, 3.05) is 9.80 Å². The minimum absolute atomic E-state index is 0.0736. The third kappa shape index (κ3) is 7.15. The predicted molar refractivity (Wildman–Crippen MR) is 337 cm³/mol. The SMILES string of the molecule is CC(C)(C)c1ccccc1N1c2cc(-c3ccccc3-n3c4ccccc4c4ccccc43)ccc2B2c3ccc(-c4ccccc4-n4c5ccccc5c5ccccc54)cc3N(c3ccccc3C(C)(C)C)c3cccc1c32. The lowest BCUT2D eigenvalue weighted by Gasteiger charge is -2.45. The van der Waals surface area contributed by atoms with Gasteiger partial charge in [0.25, 0.3) is 6.71 Å². The first-order chi connectivity index (χ1) is 38.5. The Bertz CT molecular complexity index is 4220. The fraction of sp³-hybridized carbons (Fsp3) is 0.108. The van der Waals surface area contributed by atoms with Crippen LogP contribution < -0.4 is 26.2 Å². The van der Waals surface area contributed by atoms with Gasteiger partial charge in [0.2, 0.25) is 0 Å². The van der Waals surface area contributed by atoms with Crippen molar-refractivity contribution in [3.05, 3.63) is 260 Å². The summed E-state index contributed by atoms with van der Waals surface area (Å²) in [5.74, 6) is 0. The molecule has 79 heavy (non-hydrogen) atoms. The molecule has 0 amide bonds. The van der Waals surface area contributed by atoms with Crippen molar-refractivity contribution < 1.29 is 0 Å². The summed E-state index contributed by atoms with van der Waals surface area (Å²) in [5.41, 5.74) is 25.2. The second-order valence-corrected chi connectivity index (χ2v) is 23.7. The van der Waals surface area contributed by atoms with Gasteiger partial charge in [0.15, 0.2) is 0 Å². The highest BCUT2D eigenvalue weighted by Crippen LogP contribution is 2.50. The molecule has 13 aromatic rings. The topological polar surface area (TPSA) is 16.3 Å². The monoisotopic (exact) mass is 1010 g/mol. The first-order valence-electron chi connectivity index (χ1n) is 27.9. The number of benzene rings is 11. The summed E-state index contributed by atoms with van der Waals surface area (Å²) in [6, 6.07) is 93.2. The molecule has 5 heteroatoms. The van der Waals surface area contributed by atoms with Crippen molar-refractivity contribution in [1.82, 2.24) is 9.13 Å². The summed E-state index contributed by atoms with van der Waals surface area (Å²) in [7, 11) is 0. The minimum Gasteiger partial charge on any atom is -0.311 e. The van der Waals surface area contributed by atoms with Crippen molar-refractivity contribution in [3.63, 3.8) is 0 Å². The van der Waals surface area contributed by atoms with E-state index in [0.717, 1.165) is 11.4 Å². The van der Waals surface area contributed by atoms with Crippen molar-refractivity contribution >= 4 is 101 Å². The largest absolute Gasteiger partial charge is 0.311 e. The van der Waals surface area contributed by atoms with Crippen LogP contribution in [0.1, 0.15) is 52.7 Å². The molecule has 0 fully saturated rings. The summed E-state index contributed by atoms with van der Waals surface area (Å²) in [6.07, 6.45) is 0. The van der Waals surface area contributed by atoms with Crippen LogP contribution in [0.2, 0.25) is 0 Å². The van der Waals surface area contributed by atoms with E-state index >= 15 is 0 Å². The Kier molecular flexibility index (Phi) is 10.5. The number of rotatable bonds is 6. The van der Waals surface area contributed by atoms with Gasteiger partial charge in [0, 0.05) is 66.8 Å². The van der Waals surface area contributed by atoms with E-state index in [0.29, 0.717) is 0 Å². The molecular formula is C74H59BN4. The van der Waals surface area contributed by atoms with Gasteiger partial charge in [-0.2, -0.15) is 0 Å². The molecule has 4 nitrogen and oxygen atoms in total. The van der Waals surface area contributed by atoms with Crippen LogP contribution in [0.3, 0.4) is 0 Å². The van der Waals surface area contributed by atoms with Crippen LogP contribution in [0.15, 0.2) is 249 Å². The van der Waals surface area contributed by atoms with Crippen LogP contribution in [0, 0.1) is 0 Å². The molecule has 378 valence electrons. The molecule has 11 aromatic carbocycles. The molecule has 2 aromatic heterocycles. The molecule has 0 saturated carbocycles. The van der Waals surface area contributed by atoms with E-state index in [1.165, 1.54) is 128 Å². The van der Waals surface area contributed by atoms with Gasteiger partial charge in [-0.25, -0.2) is 0 Å². The Balaban J connectivity index is 0.999. The van der Waals surface area contributed by atoms with Gasteiger partial charge in [-0.1, -0.05) is 217 Å². The standard InChI is InChI=1S/C74H59BN4/c1-73(2,3)56-30-13-21-38-66(56)78-68-40-23-41-69-72(68)75(58-44-42-48(46-70(58)78)50-24-7-15-32-60(50)76-62-34-17-9-26-52(62)53-27-10-18-35-63(53)76)59-45-43-49(47-71(59)79(69)67-39-22-14-31-57(67)74(4,5)6)51-25-8-16-33-61(51)77-64-36-19-11-28-54(64)55-29-12-20-37-65(55)77/h7-47H,1-6H3. The Morgan fingerprint density at radius 1 is 0.278 bits per heavy atom. The zero-order chi connectivity index (χ0) is 53.3. The summed E-state index contributed by atoms with van der Waals surface area (Å²) in [5, 5.41) is 5.02. The zero-order valence-electron chi connectivity index (χ0n) is 45.5. The molecule has 0 bridgehead atoms. The maximum absolute atomic E-state index is 2.60. The second kappa shape index (κ2) is 17.6. The second-order valence-electron chi connectivity index (χ2n) is 23.7. The molecule has 4 heterocycles. The lowest BCUT2D eigenvalue weighted by molar-refractivity contribution is 0.591. The normalized spacial score (nSPS) is 13.1. The van der Waals surface area contributed by atoms with Crippen LogP contribution in [0.5, 0.6) is 0 Å². The van der Waals surface area contributed by atoms with E-state index in [9.17, 15) is 0 Å². The van der Waals surface area contributed by atoms with Crippen LogP contribution in [0.25, 0.3) is 77.2 Å². The molecule has 0 spiro atoms. The van der Waals surface area contributed by atoms with E-state index in [1.807, 2.05) is 0 Å². The number of hydrogen-bond donors (Lipinski definition) is 0. The number of fused-ring (bicyclic) bond motifs is 10. The summed E-state index contributed by atoms with van der Waals surface area (Å²) < 4.78 is 4.93. The fourth-order valence-electron chi connectivity index (χ4n) is 13.6. The van der Waals surface area contributed by atoms with Gasteiger partial charge in [-0.15, -0.1) is 0 Å². The molecule has 2 aliphatic heterocycles. The van der Waals surface area contributed by atoms with Gasteiger partial charge in [0.1, 0.15) is 0 Å². The molecule has 0 atom stereocenters. The number of anilines is 6. The Labute approximate surface area is 463 Å². The van der Waals surface area contributed by atoms with Gasteiger partial charge in [-0.3, -0.25) is 0 Å². The molecule has 0 aliphatic carbocycles. The molecule has 15 rings (SSSR count). The molecular weight excluding hydrogens is 956 g/mol. The quantitative estimate of drug-likeness (QED) is 0.154. The molecule has 0 N–H and O–H groups in total. The van der Waals surface area contributed by atoms with Crippen LogP contribution in [0.4, 0.5) is 34.1 Å². The van der Waals surface area contributed by atoms with Gasteiger partial charge >= 0.3 is 0 Å². The van der Waals surface area contributed by atoms with E-state index in [-0.39, 0.29) is 17.5 Å². The third-order valence-corrected chi connectivity index (χ3v) is 17.0. The van der Waals surface area contributed by atoms with E-state index < -0.39 is 0 Å². The van der Waals surface area contributed by atoms with Crippen molar-refractivity contribution in [3.8, 4) is 33.6 Å². The number of nitrogens with zero attached hydrogens (tertiary/aromatic N) is 4. The summed E-state index contributed by atoms with van der Waals surface area (Å²) in [6.45, 7) is 14.0. The van der Waals surface area contributed by atoms with Gasteiger partial charge in [-0.05, 0) is 122 Å². The summed E-state index contributed by atoms with van der Waals surface area (Å²) >= 11 is 0. The minimum atomic E-state index is -0.139. The number of hydrogen-bond acceptors (Lipinski definition) is 2. The summed E-state index contributed by atoms with van der Waals surface area (Å²) in [4.78, 5) is 5.21. The molecule has 2 aliphatic rings. The first-order valence-corrected chi connectivity index (χ1v) is 27.9. The van der Waals surface area contributed by atoms with E-state index in [2.05, 4.69) is 309 Å². The predicted octanol–water partition coefficient (Wildman–Crippen LogP) is 17.9. The van der Waals surface area contributed by atoms with Crippen molar-refractivity contribution in [2.45, 2.75) is 52.4 Å². The lowest BCUT2D eigenvalue weighted by atomic mass is 9.33. The van der Waals surface area contributed by atoms with E-state index in [1.54, 1.807) is 0 Å². The Morgan fingerprint density at radius 3 is 0.975 bits per heavy atom. The van der Waals surface area contributed by atoms with Crippen LogP contribution >= 0.6 is 0 Å². The Morgan fingerprint density at radius 2 is 0.595 bits per heavy atom. The number of aromatic nitrogens is 2. The smallest absolute Gasteiger partial charge is 0.252 e. The fourth-order valence-corrected chi connectivity index (χ4v) is 13.6.